The summed E-state index contributed by atoms with van der Waals surface area (Å²) in [6, 6.07) is 5.27. The minimum Gasteiger partial charge on any atom is -0.388 e. The summed E-state index contributed by atoms with van der Waals surface area (Å²) in [5.74, 6) is 0. The lowest BCUT2D eigenvalue weighted by molar-refractivity contribution is 0.163. The molecule has 0 aromatic heterocycles. The molecule has 18 heavy (non-hydrogen) atoms. The van der Waals surface area contributed by atoms with Gasteiger partial charge in [-0.2, -0.15) is 0 Å². The van der Waals surface area contributed by atoms with Crippen molar-refractivity contribution in [2.45, 2.75) is 58.0 Å². The van der Waals surface area contributed by atoms with Gasteiger partial charge in [-0.1, -0.05) is 74.7 Å². The van der Waals surface area contributed by atoms with E-state index in [2.05, 4.69) is 6.92 Å². The second kappa shape index (κ2) is 8.79. The van der Waals surface area contributed by atoms with Crippen LogP contribution in [0.3, 0.4) is 0 Å². The van der Waals surface area contributed by atoms with Gasteiger partial charge in [-0.3, -0.25) is 0 Å². The zero-order valence-corrected chi connectivity index (χ0v) is 12.5. The molecule has 1 unspecified atom stereocenters. The first-order valence-electron chi connectivity index (χ1n) is 6.78. The molecule has 0 heterocycles. The second-order valence-corrected chi connectivity index (χ2v) is 5.58. The van der Waals surface area contributed by atoms with Crippen molar-refractivity contribution >= 4 is 23.2 Å². The number of aliphatic hydroxyl groups is 1. The van der Waals surface area contributed by atoms with E-state index in [4.69, 9.17) is 23.2 Å². The van der Waals surface area contributed by atoms with Gasteiger partial charge in [0.05, 0.1) is 6.10 Å². The fraction of sp³-hybridized carbons (Fsp3) is 0.600. The summed E-state index contributed by atoms with van der Waals surface area (Å²) in [4.78, 5) is 0. The molecule has 0 amide bonds. The van der Waals surface area contributed by atoms with E-state index in [0.29, 0.717) is 10.0 Å². The lowest BCUT2D eigenvalue weighted by atomic mass is 10.0. The molecule has 1 nitrogen and oxygen atoms in total. The summed E-state index contributed by atoms with van der Waals surface area (Å²) in [5, 5.41) is 11.2. The minimum absolute atomic E-state index is 0.471. The molecule has 0 saturated heterocycles. The summed E-state index contributed by atoms with van der Waals surface area (Å²) in [6.07, 6.45) is 7.66. The SMILES string of the molecule is CCCCCCCCC(O)c1ccc(Cl)cc1Cl. The highest BCUT2D eigenvalue weighted by Gasteiger charge is 2.11. The lowest BCUT2D eigenvalue weighted by Crippen LogP contribution is -1.98. The van der Waals surface area contributed by atoms with Crippen LogP contribution in [0, 0.1) is 0 Å². The minimum atomic E-state index is -0.471. The van der Waals surface area contributed by atoms with Crippen LogP contribution in [0.5, 0.6) is 0 Å². The predicted molar refractivity (Wildman–Crippen MR) is 79.4 cm³/mol. The molecule has 0 aliphatic rings. The van der Waals surface area contributed by atoms with Crippen LogP contribution >= 0.6 is 23.2 Å². The van der Waals surface area contributed by atoms with Gasteiger partial charge >= 0.3 is 0 Å². The predicted octanol–water partition coefficient (Wildman–Crippen LogP) is 5.78. The molecule has 0 aliphatic heterocycles. The van der Waals surface area contributed by atoms with Crippen molar-refractivity contribution in [3.8, 4) is 0 Å². The van der Waals surface area contributed by atoms with E-state index in [-0.39, 0.29) is 0 Å². The van der Waals surface area contributed by atoms with Crippen molar-refractivity contribution in [1.82, 2.24) is 0 Å². The molecular formula is C15H22Cl2O. The smallest absolute Gasteiger partial charge is 0.0804 e. The van der Waals surface area contributed by atoms with E-state index in [1.165, 1.54) is 32.1 Å². The van der Waals surface area contributed by atoms with E-state index in [9.17, 15) is 5.11 Å². The number of hydrogen-bond donors (Lipinski definition) is 1. The fourth-order valence-corrected chi connectivity index (χ4v) is 2.58. The molecule has 0 radical (unpaired) electrons. The van der Waals surface area contributed by atoms with Crippen LogP contribution in [-0.4, -0.2) is 5.11 Å². The Labute approximate surface area is 120 Å². The van der Waals surface area contributed by atoms with E-state index in [1.807, 2.05) is 6.07 Å². The zero-order valence-electron chi connectivity index (χ0n) is 11.0. The summed E-state index contributed by atoms with van der Waals surface area (Å²) >= 11 is 11.9. The van der Waals surface area contributed by atoms with E-state index in [0.717, 1.165) is 18.4 Å². The Kier molecular flexibility index (Phi) is 7.73. The summed E-state index contributed by atoms with van der Waals surface area (Å²) in [5.41, 5.74) is 0.787. The van der Waals surface area contributed by atoms with Crippen molar-refractivity contribution in [1.29, 1.82) is 0 Å². The Bertz CT molecular complexity index is 352. The number of aliphatic hydroxyl groups excluding tert-OH is 1. The summed E-state index contributed by atoms with van der Waals surface area (Å²) in [6.45, 7) is 2.21. The molecule has 0 saturated carbocycles. The van der Waals surface area contributed by atoms with Crippen LogP contribution in [0.25, 0.3) is 0 Å². The monoisotopic (exact) mass is 288 g/mol. The third kappa shape index (κ3) is 5.60. The number of unbranched alkanes of at least 4 members (excludes halogenated alkanes) is 5. The lowest BCUT2D eigenvalue weighted by Gasteiger charge is -2.12. The van der Waals surface area contributed by atoms with Crippen molar-refractivity contribution in [3.05, 3.63) is 33.8 Å². The normalized spacial score (nSPS) is 12.7. The molecule has 1 rings (SSSR count). The maximum absolute atomic E-state index is 10.1. The van der Waals surface area contributed by atoms with E-state index < -0.39 is 6.10 Å². The molecule has 1 N–H and O–H groups in total. The van der Waals surface area contributed by atoms with Crippen LogP contribution in [0.2, 0.25) is 10.0 Å². The number of halogens is 2. The Morgan fingerprint density at radius 3 is 2.39 bits per heavy atom. The first-order chi connectivity index (χ1) is 8.65. The third-order valence-electron chi connectivity index (χ3n) is 3.15. The topological polar surface area (TPSA) is 20.2 Å². The van der Waals surface area contributed by atoms with Gasteiger partial charge < -0.3 is 5.11 Å². The van der Waals surface area contributed by atoms with Crippen molar-refractivity contribution in [2.24, 2.45) is 0 Å². The Morgan fingerprint density at radius 1 is 1.06 bits per heavy atom. The van der Waals surface area contributed by atoms with Crippen LogP contribution in [0.15, 0.2) is 18.2 Å². The number of hydrogen-bond acceptors (Lipinski definition) is 1. The highest BCUT2D eigenvalue weighted by Crippen LogP contribution is 2.29. The first-order valence-corrected chi connectivity index (χ1v) is 7.53. The zero-order chi connectivity index (χ0) is 13.4. The molecule has 0 bridgehead atoms. The van der Waals surface area contributed by atoms with Crippen LogP contribution in [-0.2, 0) is 0 Å². The van der Waals surface area contributed by atoms with Gasteiger partial charge in [-0.15, -0.1) is 0 Å². The number of rotatable bonds is 8. The van der Waals surface area contributed by atoms with Gasteiger partial charge in [0.15, 0.2) is 0 Å². The maximum Gasteiger partial charge on any atom is 0.0804 e. The molecule has 102 valence electrons. The number of benzene rings is 1. The van der Waals surface area contributed by atoms with Gasteiger partial charge in [0.2, 0.25) is 0 Å². The molecule has 0 spiro atoms. The average molecular weight is 289 g/mol. The Morgan fingerprint density at radius 2 is 1.72 bits per heavy atom. The first kappa shape index (κ1) is 15.8. The van der Waals surface area contributed by atoms with Gasteiger partial charge in [-0.25, -0.2) is 0 Å². The van der Waals surface area contributed by atoms with Crippen LogP contribution < -0.4 is 0 Å². The largest absolute Gasteiger partial charge is 0.388 e. The average Bonchev–Trinajstić information content (AvgIpc) is 2.33. The Hall–Kier alpha value is -0.240. The van der Waals surface area contributed by atoms with Crippen LogP contribution in [0.1, 0.15) is 63.5 Å². The quantitative estimate of drug-likeness (QED) is 0.602. The molecule has 1 aromatic carbocycles. The van der Waals surface area contributed by atoms with Gasteiger partial charge in [-0.05, 0) is 24.1 Å². The van der Waals surface area contributed by atoms with Crippen LogP contribution in [0.4, 0.5) is 0 Å². The maximum atomic E-state index is 10.1. The van der Waals surface area contributed by atoms with Gasteiger partial charge in [0.1, 0.15) is 0 Å². The van der Waals surface area contributed by atoms with E-state index >= 15 is 0 Å². The van der Waals surface area contributed by atoms with Crippen molar-refractivity contribution in [3.63, 3.8) is 0 Å². The third-order valence-corrected chi connectivity index (χ3v) is 3.72. The van der Waals surface area contributed by atoms with E-state index in [1.54, 1.807) is 12.1 Å². The van der Waals surface area contributed by atoms with Gasteiger partial charge in [0.25, 0.3) is 0 Å². The highest BCUT2D eigenvalue weighted by molar-refractivity contribution is 6.35. The van der Waals surface area contributed by atoms with Crippen molar-refractivity contribution in [2.75, 3.05) is 0 Å². The fourth-order valence-electron chi connectivity index (χ4n) is 2.05. The standard InChI is InChI=1S/C15H22Cl2O/c1-2-3-4-5-6-7-8-15(18)13-10-9-12(16)11-14(13)17/h9-11,15,18H,2-8H2,1H3. The summed E-state index contributed by atoms with van der Waals surface area (Å²) in [7, 11) is 0. The summed E-state index contributed by atoms with van der Waals surface area (Å²) < 4.78 is 0. The molecule has 0 aliphatic carbocycles. The molecule has 3 heteroatoms. The van der Waals surface area contributed by atoms with Gasteiger partial charge in [0, 0.05) is 10.0 Å². The highest BCUT2D eigenvalue weighted by atomic mass is 35.5. The molecule has 1 atom stereocenters. The molecular weight excluding hydrogens is 267 g/mol. The molecule has 1 aromatic rings. The molecule has 0 fully saturated rings. The Balaban J connectivity index is 2.29. The van der Waals surface area contributed by atoms with Crippen molar-refractivity contribution < 1.29 is 5.11 Å². The second-order valence-electron chi connectivity index (χ2n) is 4.74.